The van der Waals surface area contributed by atoms with Crippen LogP contribution in [0.3, 0.4) is 0 Å². The van der Waals surface area contributed by atoms with Crippen LogP contribution in [0.1, 0.15) is 11.1 Å². The normalized spacial score (nSPS) is 13.9. The molecule has 5 aromatic rings. The predicted octanol–water partition coefficient (Wildman–Crippen LogP) is 4.94. The zero-order valence-corrected chi connectivity index (χ0v) is 16.2. The lowest BCUT2D eigenvalue weighted by Gasteiger charge is -2.26. The highest BCUT2D eigenvalue weighted by molar-refractivity contribution is 5.88. The number of anilines is 1. The summed E-state index contributed by atoms with van der Waals surface area (Å²) < 4.78 is 8.30. The lowest BCUT2D eigenvalue weighted by atomic mass is 10.0. The summed E-state index contributed by atoms with van der Waals surface area (Å²) in [7, 11) is 2.07. The summed E-state index contributed by atoms with van der Waals surface area (Å²) in [4.78, 5) is 11.2. The Morgan fingerprint density at radius 1 is 0.966 bits per heavy atom. The Morgan fingerprint density at radius 3 is 2.83 bits per heavy atom. The van der Waals surface area contributed by atoms with Crippen LogP contribution >= 0.6 is 0 Å². The number of benzene rings is 2. The highest BCUT2D eigenvalue weighted by Gasteiger charge is 2.21. The van der Waals surface area contributed by atoms with Crippen molar-refractivity contribution >= 4 is 28.0 Å². The SMILES string of the molecule is Cn1ccc2cc(-c3ccc4nc(N5CCc6ccncc6C5)oc4c3)ccc21. The zero-order valence-electron chi connectivity index (χ0n) is 16.2. The van der Waals surface area contributed by atoms with Gasteiger partial charge in [-0.15, -0.1) is 0 Å². The van der Waals surface area contributed by atoms with Crippen LogP contribution in [0.25, 0.3) is 33.1 Å². The molecule has 0 N–H and O–H groups in total. The van der Waals surface area contributed by atoms with Gasteiger partial charge in [-0.25, -0.2) is 0 Å². The molecule has 0 aliphatic carbocycles. The number of pyridine rings is 1. The Morgan fingerprint density at radius 2 is 1.86 bits per heavy atom. The minimum Gasteiger partial charge on any atom is -0.423 e. The van der Waals surface area contributed by atoms with E-state index in [1.54, 1.807) is 0 Å². The summed E-state index contributed by atoms with van der Waals surface area (Å²) in [5.41, 5.74) is 7.88. The van der Waals surface area contributed by atoms with Crippen LogP contribution in [0.2, 0.25) is 0 Å². The number of rotatable bonds is 2. The molecule has 3 aromatic heterocycles. The fourth-order valence-electron chi connectivity index (χ4n) is 4.23. The lowest BCUT2D eigenvalue weighted by molar-refractivity contribution is 0.554. The Labute approximate surface area is 168 Å². The Bertz CT molecular complexity index is 1360. The van der Waals surface area contributed by atoms with Gasteiger partial charge in [0.05, 0.1) is 0 Å². The Balaban J connectivity index is 1.35. The van der Waals surface area contributed by atoms with Crippen molar-refractivity contribution in [2.75, 3.05) is 11.4 Å². The maximum atomic E-state index is 6.17. The van der Waals surface area contributed by atoms with Crippen LogP contribution in [0, 0.1) is 0 Å². The predicted molar refractivity (Wildman–Crippen MR) is 115 cm³/mol. The van der Waals surface area contributed by atoms with Gasteiger partial charge in [-0.3, -0.25) is 4.98 Å². The molecule has 0 bridgehead atoms. The molecule has 29 heavy (non-hydrogen) atoms. The molecular formula is C24H20N4O. The second kappa shape index (κ2) is 6.21. The summed E-state index contributed by atoms with van der Waals surface area (Å²) in [5, 5.41) is 1.24. The second-order valence-corrected chi connectivity index (χ2v) is 7.70. The van der Waals surface area contributed by atoms with Gasteiger partial charge in [0.15, 0.2) is 5.58 Å². The van der Waals surface area contributed by atoms with E-state index in [-0.39, 0.29) is 0 Å². The molecule has 0 saturated carbocycles. The standard InChI is InChI=1S/C24H20N4O/c1-27-10-7-19-12-17(3-5-22(19)27)18-2-4-21-23(13-18)29-24(26-21)28-11-8-16-6-9-25-14-20(16)15-28/h2-7,9-10,12-14H,8,11,15H2,1H3. The van der Waals surface area contributed by atoms with E-state index in [0.29, 0.717) is 6.01 Å². The molecule has 0 fully saturated rings. The molecule has 0 radical (unpaired) electrons. The van der Waals surface area contributed by atoms with Gasteiger partial charge in [-0.05, 0) is 65.1 Å². The summed E-state index contributed by atoms with van der Waals surface area (Å²) in [5.74, 6) is 0. The van der Waals surface area contributed by atoms with Gasteiger partial charge >= 0.3 is 0 Å². The molecule has 0 spiro atoms. The van der Waals surface area contributed by atoms with Crippen LogP contribution in [0.15, 0.2) is 71.5 Å². The van der Waals surface area contributed by atoms with Crippen molar-refractivity contribution in [3.63, 3.8) is 0 Å². The first-order chi connectivity index (χ1) is 14.2. The van der Waals surface area contributed by atoms with Gasteiger partial charge in [0, 0.05) is 49.6 Å². The van der Waals surface area contributed by atoms with E-state index < -0.39 is 0 Å². The van der Waals surface area contributed by atoms with E-state index in [0.717, 1.165) is 36.2 Å². The first-order valence-corrected chi connectivity index (χ1v) is 9.87. The molecule has 5 heteroatoms. The van der Waals surface area contributed by atoms with Crippen LogP contribution in [0.4, 0.5) is 6.01 Å². The number of oxazole rings is 1. The molecule has 5 nitrogen and oxygen atoms in total. The smallest absolute Gasteiger partial charge is 0.298 e. The Hall–Kier alpha value is -3.60. The van der Waals surface area contributed by atoms with Gasteiger partial charge in [-0.2, -0.15) is 4.98 Å². The summed E-state index contributed by atoms with van der Waals surface area (Å²) in [6.45, 7) is 1.69. The molecule has 142 valence electrons. The minimum atomic E-state index is 0.685. The van der Waals surface area contributed by atoms with E-state index in [1.165, 1.54) is 27.6 Å². The maximum absolute atomic E-state index is 6.17. The molecule has 1 aliphatic heterocycles. The topological polar surface area (TPSA) is 47.1 Å². The first kappa shape index (κ1) is 16.4. The summed E-state index contributed by atoms with van der Waals surface area (Å²) in [6, 6.07) is 17.7. The van der Waals surface area contributed by atoms with Crippen LogP contribution in [-0.2, 0) is 20.0 Å². The number of fused-ring (bicyclic) bond motifs is 3. The fourth-order valence-corrected chi connectivity index (χ4v) is 4.23. The molecular weight excluding hydrogens is 360 g/mol. The van der Waals surface area contributed by atoms with E-state index in [9.17, 15) is 0 Å². The largest absolute Gasteiger partial charge is 0.423 e. The van der Waals surface area contributed by atoms with Gasteiger partial charge in [0.2, 0.25) is 0 Å². The first-order valence-electron chi connectivity index (χ1n) is 9.87. The number of aryl methyl sites for hydroxylation is 1. The van der Waals surface area contributed by atoms with Crippen molar-refractivity contribution in [3.05, 3.63) is 78.2 Å². The number of aromatic nitrogens is 3. The minimum absolute atomic E-state index is 0.685. The number of hydrogen-bond donors (Lipinski definition) is 0. The average molecular weight is 380 g/mol. The van der Waals surface area contributed by atoms with Crippen LogP contribution < -0.4 is 4.90 Å². The lowest BCUT2D eigenvalue weighted by Crippen LogP contribution is -2.30. The number of hydrogen-bond acceptors (Lipinski definition) is 4. The highest BCUT2D eigenvalue weighted by Crippen LogP contribution is 2.31. The van der Waals surface area contributed by atoms with Crippen molar-refractivity contribution in [2.45, 2.75) is 13.0 Å². The van der Waals surface area contributed by atoms with Gasteiger partial charge in [-0.1, -0.05) is 12.1 Å². The molecule has 1 aliphatic rings. The third kappa shape index (κ3) is 2.70. The fraction of sp³-hybridized carbons (Fsp3) is 0.167. The zero-order chi connectivity index (χ0) is 19.4. The van der Waals surface area contributed by atoms with Crippen molar-refractivity contribution in [1.29, 1.82) is 0 Å². The Kier molecular flexibility index (Phi) is 3.50. The molecule has 4 heterocycles. The molecule has 2 aromatic carbocycles. The van der Waals surface area contributed by atoms with E-state index >= 15 is 0 Å². The molecule has 0 amide bonds. The molecule has 0 atom stereocenters. The van der Waals surface area contributed by atoms with Gasteiger partial charge < -0.3 is 13.9 Å². The summed E-state index contributed by atoms with van der Waals surface area (Å²) in [6.07, 6.45) is 6.88. The third-order valence-electron chi connectivity index (χ3n) is 5.88. The second-order valence-electron chi connectivity index (χ2n) is 7.70. The van der Waals surface area contributed by atoms with Crippen molar-refractivity contribution in [3.8, 4) is 11.1 Å². The van der Waals surface area contributed by atoms with Crippen LogP contribution in [-0.4, -0.2) is 21.1 Å². The molecule has 6 rings (SSSR count). The maximum Gasteiger partial charge on any atom is 0.298 e. The van der Waals surface area contributed by atoms with Crippen molar-refractivity contribution < 1.29 is 4.42 Å². The van der Waals surface area contributed by atoms with E-state index in [1.807, 2.05) is 18.5 Å². The monoisotopic (exact) mass is 380 g/mol. The van der Waals surface area contributed by atoms with Gasteiger partial charge in [0.25, 0.3) is 6.01 Å². The molecule has 0 unspecified atom stereocenters. The average Bonchev–Trinajstić information content (AvgIpc) is 3.36. The summed E-state index contributed by atoms with van der Waals surface area (Å²) >= 11 is 0. The quantitative estimate of drug-likeness (QED) is 0.435. The van der Waals surface area contributed by atoms with Crippen molar-refractivity contribution in [1.82, 2.24) is 14.5 Å². The highest BCUT2D eigenvalue weighted by atomic mass is 16.4. The van der Waals surface area contributed by atoms with Crippen LogP contribution in [0.5, 0.6) is 0 Å². The molecule has 0 saturated heterocycles. The van der Waals surface area contributed by atoms with E-state index in [4.69, 9.17) is 9.40 Å². The van der Waals surface area contributed by atoms with E-state index in [2.05, 4.69) is 70.2 Å². The van der Waals surface area contributed by atoms with Gasteiger partial charge in [0.1, 0.15) is 5.52 Å². The van der Waals surface area contributed by atoms with Crippen molar-refractivity contribution in [2.24, 2.45) is 7.05 Å². The third-order valence-corrected chi connectivity index (χ3v) is 5.88. The number of nitrogens with zero attached hydrogens (tertiary/aromatic N) is 4.